The Morgan fingerprint density at radius 3 is 2.62 bits per heavy atom. The standard InChI is InChI=1S/C12H21N3O/c1-5-16-12-9(4)11(14-7-15-12)6-10(13)8(2)3/h7-8,10H,5-6,13H2,1-4H3. The van der Waals surface area contributed by atoms with Gasteiger partial charge in [0.15, 0.2) is 0 Å². The van der Waals surface area contributed by atoms with E-state index in [-0.39, 0.29) is 6.04 Å². The summed E-state index contributed by atoms with van der Waals surface area (Å²) in [6.07, 6.45) is 2.31. The van der Waals surface area contributed by atoms with Crippen molar-refractivity contribution in [2.24, 2.45) is 11.7 Å². The lowest BCUT2D eigenvalue weighted by atomic mass is 9.99. The SMILES string of the molecule is CCOc1ncnc(CC(N)C(C)C)c1C. The predicted molar refractivity (Wildman–Crippen MR) is 64.5 cm³/mol. The van der Waals surface area contributed by atoms with Crippen molar-refractivity contribution >= 4 is 0 Å². The molecule has 0 aliphatic carbocycles. The summed E-state index contributed by atoms with van der Waals surface area (Å²) >= 11 is 0. The minimum Gasteiger partial charge on any atom is -0.478 e. The molecular formula is C12H21N3O. The first-order chi connectivity index (χ1) is 7.56. The Labute approximate surface area is 97.2 Å². The molecule has 0 spiro atoms. The average Bonchev–Trinajstić information content (AvgIpc) is 2.24. The van der Waals surface area contributed by atoms with E-state index in [1.165, 1.54) is 0 Å². The lowest BCUT2D eigenvalue weighted by Crippen LogP contribution is -2.29. The summed E-state index contributed by atoms with van der Waals surface area (Å²) in [5.41, 5.74) is 8.03. The molecule has 1 unspecified atom stereocenters. The van der Waals surface area contributed by atoms with Crippen LogP contribution in [0.5, 0.6) is 5.88 Å². The van der Waals surface area contributed by atoms with Crippen LogP contribution in [-0.4, -0.2) is 22.6 Å². The monoisotopic (exact) mass is 223 g/mol. The topological polar surface area (TPSA) is 61.0 Å². The van der Waals surface area contributed by atoms with Gasteiger partial charge in [0.05, 0.1) is 12.3 Å². The highest BCUT2D eigenvalue weighted by atomic mass is 16.5. The van der Waals surface area contributed by atoms with Crippen LogP contribution in [-0.2, 0) is 6.42 Å². The van der Waals surface area contributed by atoms with Crippen LogP contribution in [0.15, 0.2) is 6.33 Å². The summed E-state index contributed by atoms with van der Waals surface area (Å²) in [6.45, 7) is 8.78. The maximum atomic E-state index is 6.04. The Morgan fingerprint density at radius 1 is 1.38 bits per heavy atom. The van der Waals surface area contributed by atoms with Gasteiger partial charge in [-0.1, -0.05) is 13.8 Å². The molecule has 4 nitrogen and oxygen atoms in total. The smallest absolute Gasteiger partial charge is 0.219 e. The second-order valence-corrected chi connectivity index (χ2v) is 4.30. The zero-order chi connectivity index (χ0) is 12.1. The Kier molecular flexibility index (Phi) is 4.68. The molecule has 1 rings (SSSR count). The molecule has 0 aliphatic heterocycles. The number of nitrogens with two attached hydrogens (primary N) is 1. The summed E-state index contributed by atoms with van der Waals surface area (Å²) in [6, 6.07) is 0.128. The molecule has 0 fully saturated rings. The third-order valence-electron chi connectivity index (χ3n) is 2.71. The molecule has 2 N–H and O–H groups in total. The molecule has 0 amide bonds. The van der Waals surface area contributed by atoms with E-state index in [2.05, 4.69) is 23.8 Å². The van der Waals surface area contributed by atoms with Crippen LogP contribution in [0.3, 0.4) is 0 Å². The van der Waals surface area contributed by atoms with Crippen LogP contribution in [0.2, 0.25) is 0 Å². The quantitative estimate of drug-likeness (QED) is 0.825. The molecular weight excluding hydrogens is 202 g/mol. The lowest BCUT2D eigenvalue weighted by Gasteiger charge is -2.16. The van der Waals surface area contributed by atoms with Crippen molar-refractivity contribution in [2.45, 2.75) is 40.2 Å². The maximum Gasteiger partial charge on any atom is 0.219 e. The van der Waals surface area contributed by atoms with Gasteiger partial charge in [0.25, 0.3) is 0 Å². The van der Waals surface area contributed by atoms with Gasteiger partial charge in [-0.05, 0) is 19.8 Å². The lowest BCUT2D eigenvalue weighted by molar-refractivity contribution is 0.322. The normalized spacial score (nSPS) is 12.9. The van der Waals surface area contributed by atoms with Gasteiger partial charge >= 0.3 is 0 Å². The van der Waals surface area contributed by atoms with Gasteiger partial charge in [-0.3, -0.25) is 0 Å². The third kappa shape index (κ3) is 3.17. The third-order valence-corrected chi connectivity index (χ3v) is 2.71. The van der Waals surface area contributed by atoms with Crippen molar-refractivity contribution in [2.75, 3.05) is 6.61 Å². The first-order valence-corrected chi connectivity index (χ1v) is 5.75. The fraction of sp³-hybridized carbons (Fsp3) is 0.667. The zero-order valence-electron chi connectivity index (χ0n) is 10.5. The number of nitrogens with zero attached hydrogens (tertiary/aromatic N) is 2. The van der Waals surface area contributed by atoms with E-state index in [0.717, 1.165) is 17.7 Å². The van der Waals surface area contributed by atoms with Gasteiger partial charge in [0.2, 0.25) is 5.88 Å². The molecule has 1 heterocycles. The van der Waals surface area contributed by atoms with E-state index in [4.69, 9.17) is 10.5 Å². The zero-order valence-corrected chi connectivity index (χ0v) is 10.5. The molecule has 16 heavy (non-hydrogen) atoms. The number of hydrogen-bond donors (Lipinski definition) is 1. The van der Waals surface area contributed by atoms with Gasteiger partial charge in [0.1, 0.15) is 6.33 Å². The first-order valence-electron chi connectivity index (χ1n) is 5.75. The Balaban J connectivity index is 2.84. The summed E-state index contributed by atoms with van der Waals surface area (Å²) in [5.74, 6) is 1.12. The summed E-state index contributed by atoms with van der Waals surface area (Å²) in [7, 11) is 0. The first kappa shape index (κ1) is 12.9. The molecule has 0 radical (unpaired) electrons. The number of ether oxygens (including phenoxy) is 1. The van der Waals surface area contributed by atoms with Crippen LogP contribution in [0.1, 0.15) is 32.0 Å². The van der Waals surface area contributed by atoms with E-state index in [1.807, 2.05) is 13.8 Å². The Morgan fingerprint density at radius 2 is 2.06 bits per heavy atom. The number of aromatic nitrogens is 2. The molecule has 0 aromatic carbocycles. The minimum absolute atomic E-state index is 0.128. The number of rotatable bonds is 5. The van der Waals surface area contributed by atoms with E-state index < -0.39 is 0 Å². The number of hydrogen-bond acceptors (Lipinski definition) is 4. The van der Waals surface area contributed by atoms with E-state index in [0.29, 0.717) is 18.4 Å². The van der Waals surface area contributed by atoms with Crippen molar-refractivity contribution in [3.8, 4) is 5.88 Å². The molecule has 90 valence electrons. The molecule has 0 aliphatic rings. The van der Waals surface area contributed by atoms with Gasteiger partial charge in [-0.25, -0.2) is 9.97 Å². The van der Waals surface area contributed by atoms with Gasteiger partial charge in [-0.15, -0.1) is 0 Å². The predicted octanol–water partition coefficient (Wildman–Crippen LogP) is 1.71. The average molecular weight is 223 g/mol. The van der Waals surface area contributed by atoms with Crippen molar-refractivity contribution in [1.82, 2.24) is 9.97 Å². The van der Waals surface area contributed by atoms with Crippen LogP contribution in [0.25, 0.3) is 0 Å². The molecule has 4 heteroatoms. The molecule has 1 aromatic rings. The van der Waals surface area contributed by atoms with Crippen LogP contribution < -0.4 is 10.5 Å². The maximum absolute atomic E-state index is 6.04. The molecule has 0 saturated carbocycles. The summed E-state index contributed by atoms with van der Waals surface area (Å²) in [4.78, 5) is 8.38. The van der Waals surface area contributed by atoms with E-state index in [1.54, 1.807) is 6.33 Å². The minimum atomic E-state index is 0.128. The van der Waals surface area contributed by atoms with E-state index in [9.17, 15) is 0 Å². The van der Waals surface area contributed by atoms with Crippen molar-refractivity contribution in [3.63, 3.8) is 0 Å². The molecule has 1 atom stereocenters. The highest BCUT2D eigenvalue weighted by molar-refractivity contribution is 5.28. The summed E-state index contributed by atoms with van der Waals surface area (Å²) in [5, 5.41) is 0. The highest BCUT2D eigenvalue weighted by Crippen LogP contribution is 2.18. The largest absolute Gasteiger partial charge is 0.478 e. The van der Waals surface area contributed by atoms with Gasteiger partial charge in [-0.2, -0.15) is 0 Å². The summed E-state index contributed by atoms with van der Waals surface area (Å²) < 4.78 is 5.43. The highest BCUT2D eigenvalue weighted by Gasteiger charge is 2.13. The molecule has 0 bridgehead atoms. The Bertz CT molecular complexity index is 339. The van der Waals surface area contributed by atoms with Crippen LogP contribution in [0.4, 0.5) is 0 Å². The van der Waals surface area contributed by atoms with Crippen molar-refractivity contribution in [3.05, 3.63) is 17.6 Å². The fourth-order valence-electron chi connectivity index (χ4n) is 1.42. The Hall–Kier alpha value is -1.16. The van der Waals surface area contributed by atoms with Gasteiger partial charge in [0, 0.05) is 18.0 Å². The van der Waals surface area contributed by atoms with Crippen molar-refractivity contribution < 1.29 is 4.74 Å². The van der Waals surface area contributed by atoms with E-state index >= 15 is 0 Å². The molecule has 1 aromatic heterocycles. The molecule has 0 saturated heterocycles. The van der Waals surface area contributed by atoms with Crippen molar-refractivity contribution in [1.29, 1.82) is 0 Å². The second-order valence-electron chi connectivity index (χ2n) is 4.30. The van der Waals surface area contributed by atoms with Crippen LogP contribution >= 0.6 is 0 Å². The van der Waals surface area contributed by atoms with Crippen LogP contribution in [0, 0.1) is 12.8 Å². The fourth-order valence-corrected chi connectivity index (χ4v) is 1.42. The second kappa shape index (κ2) is 5.80. The van der Waals surface area contributed by atoms with Gasteiger partial charge < -0.3 is 10.5 Å².